The third-order valence-electron chi connectivity index (χ3n) is 4.62. The number of hydrogen-bond acceptors (Lipinski definition) is 3. The molecule has 0 unspecified atom stereocenters. The van der Waals surface area contributed by atoms with E-state index in [1.54, 1.807) is 31.2 Å². The highest BCUT2D eigenvalue weighted by Crippen LogP contribution is 2.24. The van der Waals surface area contributed by atoms with E-state index >= 15 is 0 Å². The SMILES string of the molecule is CCC(=O)c1ccc(O[C@H](C)C(=O)N[C@H]2CCCC[C@@H]2C)cc1. The lowest BCUT2D eigenvalue weighted by Gasteiger charge is -2.30. The minimum atomic E-state index is -0.545. The molecule has 1 saturated carbocycles. The lowest BCUT2D eigenvalue weighted by molar-refractivity contribution is -0.128. The molecule has 0 heterocycles. The van der Waals surface area contributed by atoms with Gasteiger partial charge < -0.3 is 10.1 Å². The number of hydrogen-bond donors (Lipinski definition) is 1. The Labute approximate surface area is 138 Å². The lowest BCUT2D eigenvalue weighted by Crippen LogP contribution is -2.46. The minimum absolute atomic E-state index is 0.0718. The Kier molecular flexibility index (Phi) is 6.20. The van der Waals surface area contributed by atoms with Crippen LogP contribution >= 0.6 is 0 Å². The van der Waals surface area contributed by atoms with Crippen molar-refractivity contribution in [1.29, 1.82) is 0 Å². The average Bonchev–Trinajstić information content (AvgIpc) is 2.56. The molecule has 0 radical (unpaired) electrons. The summed E-state index contributed by atoms with van der Waals surface area (Å²) in [4.78, 5) is 23.9. The fraction of sp³-hybridized carbons (Fsp3) is 0.579. The Balaban J connectivity index is 1.89. The highest BCUT2D eigenvalue weighted by Gasteiger charge is 2.25. The summed E-state index contributed by atoms with van der Waals surface area (Å²) < 4.78 is 5.70. The number of benzene rings is 1. The largest absolute Gasteiger partial charge is 0.481 e. The lowest BCUT2D eigenvalue weighted by atomic mass is 9.86. The van der Waals surface area contributed by atoms with Crippen molar-refractivity contribution in [2.75, 3.05) is 0 Å². The molecule has 1 aromatic carbocycles. The van der Waals surface area contributed by atoms with Crippen LogP contribution in [0.15, 0.2) is 24.3 Å². The van der Waals surface area contributed by atoms with Gasteiger partial charge in [-0.05, 0) is 49.9 Å². The van der Waals surface area contributed by atoms with Gasteiger partial charge in [0.25, 0.3) is 5.91 Å². The number of amides is 1. The predicted molar refractivity (Wildman–Crippen MR) is 90.7 cm³/mol. The van der Waals surface area contributed by atoms with E-state index in [0.29, 0.717) is 23.7 Å². The van der Waals surface area contributed by atoms with E-state index in [9.17, 15) is 9.59 Å². The second kappa shape index (κ2) is 8.14. The average molecular weight is 317 g/mol. The fourth-order valence-corrected chi connectivity index (χ4v) is 3.01. The fourth-order valence-electron chi connectivity index (χ4n) is 3.01. The molecule has 0 bridgehead atoms. The quantitative estimate of drug-likeness (QED) is 0.813. The van der Waals surface area contributed by atoms with Gasteiger partial charge >= 0.3 is 0 Å². The van der Waals surface area contributed by atoms with Gasteiger partial charge in [0.1, 0.15) is 5.75 Å². The zero-order valence-electron chi connectivity index (χ0n) is 14.3. The smallest absolute Gasteiger partial charge is 0.261 e. The number of ketones is 1. The summed E-state index contributed by atoms with van der Waals surface area (Å²) in [6.45, 7) is 5.79. The zero-order chi connectivity index (χ0) is 16.8. The molecule has 2 rings (SSSR count). The van der Waals surface area contributed by atoms with Gasteiger partial charge in [0.15, 0.2) is 11.9 Å². The molecule has 126 valence electrons. The van der Waals surface area contributed by atoms with Crippen LogP contribution in [0.3, 0.4) is 0 Å². The highest BCUT2D eigenvalue weighted by molar-refractivity contribution is 5.95. The van der Waals surface area contributed by atoms with E-state index < -0.39 is 6.10 Å². The van der Waals surface area contributed by atoms with E-state index in [-0.39, 0.29) is 17.7 Å². The summed E-state index contributed by atoms with van der Waals surface area (Å²) in [5.41, 5.74) is 0.674. The first-order valence-electron chi connectivity index (χ1n) is 8.61. The van der Waals surface area contributed by atoms with E-state index in [0.717, 1.165) is 6.42 Å². The Morgan fingerprint density at radius 1 is 1.22 bits per heavy atom. The number of ether oxygens (including phenoxy) is 1. The van der Waals surface area contributed by atoms with Crippen LogP contribution in [-0.2, 0) is 4.79 Å². The van der Waals surface area contributed by atoms with Gasteiger partial charge in [0.2, 0.25) is 0 Å². The number of carbonyl (C=O) groups excluding carboxylic acids is 2. The van der Waals surface area contributed by atoms with Crippen molar-refractivity contribution in [3.63, 3.8) is 0 Å². The van der Waals surface area contributed by atoms with Crippen LogP contribution in [0, 0.1) is 5.92 Å². The van der Waals surface area contributed by atoms with Gasteiger partial charge in [0, 0.05) is 18.0 Å². The van der Waals surface area contributed by atoms with Gasteiger partial charge in [-0.15, -0.1) is 0 Å². The van der Waals surface area contributed by atoms with Gasteiger partial charge in [-0.1, -0.05) is 26.7 Å². The van der Waals surface area contributed by atoms with Crippen LogP contribution in [0.4, 0.5) is 0 Å². The first kappa shape index (κ1) is 17.5. The van der Waals surface area contributed by atoms with Crippen LogP contribution < -0.4 is 10.1 Å². The van der Waals surface area contributed by atoms with Gasteiger partial charge in [0.05, 0.1) is 0 Å². The Morgan fingerprint density at radius 3 is 2.48 bits per heavy atom. The molecular formula is C19H27NO3. The molecule has 1 aliphatic carbocycles. The van der Waals surface area contributed by atoms with Gasteiger partial charge in [-0.25, -0.2) is 0 Å². The van der Waals surface area contributed by atoms with Crippen LogP contribution in [-0.4, -0.2) is 23.8 Å². The maximum Gasteiger partial charge on any atom is 0.261 e. The standard InChI is InChI=1S/C19H27NO3/c1-4-18(21)15-9-11-16(12-10-15)23-14(3)19(22)20-17-8-6-5-7-13(17)2/h9-14,17H,4-8H2,1-3H3,(H,20,22)/t13-,14+,17-/m0/s1. The second-order valence-electron chi connectivity index (χ2n) is 6.44. The number of rotatable bonds is 6. The molecular weight excluding hydrogens is 290 g/mol. The summed E-state index contributed by atoms with van der Waals surface area (Å²) in [5, 5.41) is 3.11. The van der Waals surface area contributed by atoms with Gasteiger partial charge in [-0.3, -0.25) is 9.59 Å². The van der Waals surface area contributed by atoms with Crippen molar-refractivity contribution in [3.05, 3.63) is 29.8 Å². The summed E-state index contributed by atoms with van der Waals surface area (Å²) in [6.07, 6.45) is 4.59. The molecule has 0 spiro atoms. The Hall–Kier alpha value is -1.84. The molecule has 4 nitrogen and oxygen atoms in total. The molecule has 1 N–H and O–H groups in total. The predicted octanol–water partition coefficient (Wildman–Crippen LogP) is 3.74. The zero-order valence-corrected chi connectivity index (χ0v) is 14.3. The van der Waals surface area contributed by atoms with Crippen LogP contribution in [0.5, 0.6) is 5.75 Å². The minimum Gasteiger partial charge on any atom is -0.481 e. The number of Topliss-reactive ketones (excluding diaryl/α,β-unsaturated/α-hetero) is 1. The van der Waals surface area contributed by atoms with Gasteiger partial charge in [-0.2, -0.15) is 0 Å². The monoisotopic (exact) mass is 317 g/mol. The molecule has 0 aromatic heterocycles. The summed E-state index contributed by atoms with van der Waals surface area (Å²) in [5.74, 6) is 1.17. The number of nitrogens with one attached hydrogen (secondary N) is 1. The molecule has 1 aliphatic rings. The molecule has 0 aliphatic heterocycles. The van der Waals surface area contributed by atoms with Crippen molar-refractivity contribution in [2.45, 2.75) is 65.0 Å². The van der Waals surface area contributed by atoms with E-state index in [2.05, 4.69) is 12.2 Å². The topological polar surface area (TPSA) is 55.4 Å². The maximum atomic E-state index is 12.3. The van der Waals surface area contributed by atoms with Crippen LogP contribution in [0.2, 0.25) is 0 Å². The van der Waals surface area contributed by atoms with Crippen LogP contribution in [0.1, 0.15) is 63.2 Å². The maximum absolute atomic E-state index is 12.3. The number of carbonyl (C=O) groups is 2. The third-order valence-corrected chi connectivity index (χ3v) is 4.62. The molecule has 1 aromatic rings. The Bertz CT molecular complexity index is 538. The van der Waals surface area contributed by atoms with Crippen molar-refractivity contribution in [1.82, 2.24) is 5.32 Å². The van der Waals surface area contributed by atoms with E-state index in [1.165, 1.54) is 19.3 Å². The molecule has 3 atom stereocenters. The van der Waals surface area contributed by atoms with E-state index in [4.69, 9.17) is 4.74 Å². The second-order valence-corrected chi connectivity index (χ2v) is 6.44. The van der Waals surface area contributed by atoms with Crippen LogP contribution in [0.25, 0.3) is 0 Å². The van der Waals surface area contributed by atoms with Crippen molar-refractivity contribution >= 4 is 11.7 Å². The third kappa shape index (κ3) is 4.81. The molecule has 0 saturated heterocycles. The summed E-state index contributed by atoms with van der Waals surface area (Å²) in [6, 6.07) is 7.24. The first-order valence-corrected chi connectivity index (χ1v) is 8.61. The summed E-state index contributed by atoms with van der Waals surface area (Å²) >= 11 is 0. The van der Waals surface area contributed by atoms with Crippen molar-refractivity contribution in [3.8, 4) is 5.75 Å². The normalized spacial score (nSPS) is 22.2. The molecule has 4 heteroatoms. The molecule has 23 heavy (non-hydrogen) atoms. The molecule has 1 fully saturated rings. The first-order chi connectivity index (χ1) is 11.0. The van der Waals surface area contributed by atoms with Crippen molar-refractivity contribution in [2.24, 2.45) is 5.92 Å². The molecule has 1 amide bonds. The van der Waals surface area contributed by atoms with E-state index in [1.807, 2.05) is 6.92 Å². The summed E-state index contributed by atoms with van der Waals surface area (Å²) in [7, 11) is 0. The van der Waals surface area contributed by atoms with Crippen molar-refractivity contribution < 1.29 is 14.3 Å². The highest BCUT2D eigenvalue weighted by atomic mass is 16.5. The Morgan fingerprint density at radius 2 is 1.87 bits per heavy atom.